The lowest BCUT2D eigenvalue weighted by molar-refractivity contribution is 0.133. The second-order valence-corrected chi connectivity index (χ2v) is 7.20. The molecule has 4 heterocycles. The number of hydrogen-bond acceptors (Lipinski definition) is 7. The summed E-state index contributed by atoms with van der Waals surface area (Å²) < 4.78 is 0.969. The molecule has 136 valence electrons. The van der Waals surface area contributed by atoms with Crippen molar-refractivity contribution >= 4 is 45.2 Å². The van der Waals surface area contributed by atoms with E-state index in [1.165, 1.54) is 4.90 Å². The van der Waals surface area contributed by atoms with E-state index in [0.29, 0.717) is 30.7 Å². The molecule has 26 heavy (non-hydrogen) atoms. The van der Waals surface area contributed by atoms with Crippen LogP contribution in [0, 0.1) is 6.92 Å². The standard InChI is InChI=1S/C16H19N7O2S/c1-9-8-12(22-21-9)19-14-13-11(4-7-26-13)18-15(20-14)17-10-2-5-23(6-3-10)16(24)25/h4,7-8,10H,2-3,5-6H2,1H3,(H,24,25)(H3,17,18,19,20,21,22). The summed E-state index contributed by atoms with van der Waals surface area (Å²) in [5.41, 5.74) is 1.83. The van der Waals surface area contributed by atoms with Gasteiger partial charge in [0.25, 0.3) is 0 Å². The molecule has 10 heteroatoms. The zero-order valence-corrected chi connectivity index (χ0v) is 15.0. The Labute approximate surface area is 153 Å². The zero-order valence-electron chi connectivity index (χ0n) is 14.2. The number of piperidine rings is 1. The lowest BCUT2D eigenvalue weighted by atomic mass is 10.1. The number of thiophene rings is 1. The first-order valence-corrected chi connectivity index (χ1v) is 9.25. The molecule has 0 radical (unpaired) electrons. The monoisotopic (exact) mass is 373 g/mol. The fraction of sp³-hybridized carbons (Fsp3) is 0.375. The van der Waals surface area contributed by atoms with Crippen LogP contribution in [0.15, 0.2) is 17.5 Å². The predicted molar refractivity (Wildman–Crippen MR) is 100 cm³/mol. The van der Waals surface area contributed by atoms with Gasteiger partial charge in [-0.2, -0.15) is 10.1 Å². The summed E-state index contributed by atoms with van der Waals surface area (Å²) in [4.78, 5) is 21.7. The Morgan fingerprint density at radius 1 is 1.38 bits per heavy atom. The van der Waals surface area contributed by atoms with E-state index in [4.69, 9.17) is 5.11 Å². The number of carboxylic acid groups (broad SMARTS) is 1. The molecule has 1 saturated heterocycles. The van der Waals surface area contributed by atoms with E-state index in [9.17, 15) is 4.79 Å². The summed E-state index contributed by atoms with van der Waals surface area (Å²) in [6.45, 7) is 2.98. The minimum atomic E-state index is -0.861. The number of amides is 1. The Morgan fingerprint density at radius 3 is 2.88 bits per heavy atom. The molecular weight excluding hydrogens is 354 g/mol. The quantitative estimate of drug-likeness (QED) is 0.555. The van der Waals surface area contributed by atoms with Crippen molar-refractivity contribution in [2.45, 2.75) is 25.8 Å². The van der Waals surface area contributed by atoms with Crippen LogP contribution in [0.5, 0.6) is 0 Å². The van der Waals surface area contributed by atoms with Crippen molar-refractivity contribution in [2.24, 2.45) is 0 Å². The minimum absolute atomic E-state index is 0.155. The van der Waals surface area contributed by atoms with Gasteiger partial charge < -0.3 is 20.6 Å². The molecule has 0 unspecified atom stereocenters. The van der Waals surface area contributed by atoms with Crippen molar-refractivity contribution in [1.82, 2.24) is 25.1 Å². The smallest absolute Gasteiger partial charge is 0.407 e. The SMILES string of the molecule is Cc1cc(Nc2nc(NC3CCN(C(=O)O)CC3)nc3ccsc23)n[nH]1. The molecule has 0 atom stereocenters. The van der Waals surface area contributed by atoms with Gasteiger partial charge >= 0.3 is 6.09 Å². The van der Waals surface area contributed by atoms with Crippen LogP contribution >= 0.6 is 11.3 Å². The van der Waals surface area contributed by atoms with E-state index < -0.39 is 6.09 Å². The topological polar surface area (TPSA) is 119 Å². The van der Waals surface area contributed by atoms with E-state index in [1.54, 1.807) is 11.3 Å². The number of anilines is 3. The van der Waals surface area contributed by atoms with Crippen LogP contribution in [-0.4, -0.2) is 55.4 Å². The summed E-state index contributed by atoms with van der Waals surface area (Å²) >= 11 is 1.57. The van der Waals surface area contributed by atoms with Gasteiger partial charge in [-0.25, -0.2) is 9.78 Å². The van der Waals surface area contributed by atoms with Crippen LogP contribution in [0.4, 0.5) is 22.4 Å². The van der Waals surface area contributed by atoms with Gasteiger partial charge in [-0.15, -0.1) is 11.3 Å². The fourth-order valence-corrected chi connectivity index (χ4v) is 3.79. The van der Waals surface area contributed by atoms with Gasteiger partial charge in [-0.1, -0.05) is 0 Å². The van der Waals surface area contributed by atoms with Crippen molar-refractivity contribution in [3.63, 3.8) is 0 Å². The molecule has 1 aliphatic rings. The number of nitrogens with zero attached hydrogens (tertiary/aromatic N) is 4. The Morgan fingerprint density at radius 2 is 2.19 bits per heavy atom. The van der Waals surface area contributed by atoms with Crippen molar-refractivity contribution < 1.29 is 9.90 Å². The number of H-pyrrole nitrogens is 1. The maximum Gasteiger partial charge on any atom is 0.407 e. The molecule has 1 aliphatic heterocycles. The number of aryl methyl sites for hydroxylation is 1. The lowest BCUT2D eigenvalue weighted by Crippen LogP contribution is -2.41. The maximum absolute atomic E-state index is 11.0. The molecule has 1 amide bonds. The Bertz CT molecular complexity index is 930. The van der Waals surface area contributed by atoms with Crippen LogP contribution in [0.25, 0.3) is 10.2 Å². The molecule has 0 bridgehead atoms. The molecular formula is C16H19N7O2S. The van der Waals surface area contributed by atoms with Crippen molar-refractivity contribution in [2.75, 3.05) is 23.7 Å². The number of hydrogen-bond donors (Lipinski definition) is 4. The zero-order chi connectivity index (χ0) is 18.1. The molecule has 3 aromatic heterocycles. The minimum Gasteiger partial charge on any atom is -0.465 e. The highest BCUT2D eigenvalue weighted by molar-refractivity contribution is 7.17. The third-order valence-electron chi connectivity index (χ3n) is 4.35. The van der Waals surface area contributed by atoms with E-state index in [0.717, 1.165) is 28.8 Å². The van der Waals surface area contributed by atoms with Crippen LogP contribution in [0.3, 0.4) is 0 Å². The van der Waals surface area contributed by atoms with Crippen molar-refractivity contribution in [1.29, 1.82) is 0 Å². The van der Waals surface area contributed by atoms with Gasteiger partial charge in [-0.05, 0) is 31.2 Å². The Hall–Kier alpha value is -2.88. The first-order chi connectivity index (χ1) is 12.6. The number of likely N-dealkylation sites (tertiary alicyclic amines) is 1. The van der Waals surface area contributed by atoms with Crippen LogP contribution < -0.4 is 10.6 Å². The summed E-state index contributed by atoms with van der Waals surface area (Å²) in [5.74, 6) is 1.96. The van der Waals surface area contributed by atoms with Gasteiger partial charge in [0.15, 0.2) is 11.6 Å². The van der Waals surface area contributed by atoms with E-state index in [1.807, 2.05) is 24.4 Å². The summed E-state index contributed by atoms with van der Waals surface area (Å²) in [6.07, 6.45) is 0.609. The van der Waals surface area contributed by atoms with E-state index in [2.05, 4.69) is 30.8 Å². The van der Waals surface area contributed by atoms with Crippen LogP contribution in [-0.2, 0) is 0 Å². The van der Waals surface area contributed by atoms with Crippen LogP contribution in [0.2, 0.25) is 0 Å². The van der Waals surface area contributed by atoms with Gasteiger partial charge in [0, 0.05) is 30.9 Å². The van der Waals surface area contributed by atoms with Crippen molar-refractivity contribution in [3.8, 4) is 0 Å². The molecule has 0 saturated carbocycles. The number of carbonyl (C=O) groups is 1. The third-order valence-corrected chi connectivity index (χ3v) is 5.27. The highest BCUT2D eigenvalue weighted by Gasteiger charge is 2.23. The number of nitrogens with one attached hydrogen (secondary N) is 3. The Balaban J connectivity index is 1.53. The van der Waals surface area contributed by atoms with Gasteiger partial charge in [-0.3, -0.25) is 5.10 Å². The normalized spacial score (nSPS) is 15.3. The second-order valence-electron chi connectivity index (χ2n) is 6.28. The number of aromatic nitrogens is 4. The van der Waals surface area contributed by atoms with Crippen LogP contribution in [0.1, 0.15) is 18.5 Å². The first-order valence-electron chi connectivity index (χ1n) is 8.37. The van der Waals surface area contributed by atoms with Crippen molar-refractivity contribution in [3.05, 3.63) is 23.2 Å². The molecule has 3 aromatic rings. The lowest BCUT2D eigenvalue weighted by Gasteiger charge is -2.30. The summed E-state index contributed by atoms with van der Waals surface area (Å²) in [6, 6.07) is 4.03. The number of rotatable bonds is 4. The molecule has 0 aromatic carbocycles. The number of fused-ring (bicyclic) bond motifs is 1. The van der Waals surface area contributed by atoms with Gasteiger partial charge in [0.1, 0.15) is 0 Å². The second kappa shape index (κ2) is 6.79. The third kappa shape index (κ3) is 3.40. The average molecular weight is 373 g/mol. The van der Waals surface area contributed by atoms with E-state index >= 15 is 0 Å². The molecule has 0 spiro atoms. The summed E-state index contributed by atoms with van der Waals surface area (Å²) in [7, 11) is 0. The van der Waals surface area contributed by atoms with Gasteiger partial charge in [0.2, 0.25) is 5.95 Å². The number of aromatic amines is 1. The van der Waals surface area contributed by atoms with Gasteiger partial charge in [0.05, 0.1) is 10.2 Å². The molecule has 0 aliphatic carbocycles. The Kier molecular flexibility index (Phi) is 4.33. The first kappa shape index (κ1) is 16.6. The fourth-order valence-electron chi connectivity index (χ4n) is 3.01. The molecule has 9 nitrogen and oxygen atoms in total. The van der Waals surface area contributed by atoms with E-state index in [-0.39, 0.29) is 6.04 Å². The maximum atomic E-state index is 11.0. The summed E-state index contributed by atoms with van der Waals surface area (Å²) in [5, 5.41) is 24.7. The highest BCUT2D eigenvalue weighted by atomic mass is 32.1. The molecule has 4 rings (SSSR count). The predicted octanol–water partition coefficient (Wildman–Crippen LogP) is 3.02. The molecule has 1 fully saturated rings. The molecule has 4 N–H and O–H groups in total. The highest BCUT2D eigenvalue weighted by Crippen LogP contribution is 2.29. The largest absolute Gasteiger partial charge is 0.465 e. The average Bonchev–Trinajstić information content (AvgIpc) is 3.24.